The van der Waals surface area contributed by atoms with E-state index in [2.05, 4.69) is 35.5 Å². The minimum absolute atomic E-state index is 0.209. The number of benzene rings is 2. The van der Waals surface area contributed by atoms with Crippen LogP contribution in [0.15, 0.2) is 48.5 Å². The van der Waals surface area contributed by atoms with Gasteiger partial charge in [-0.2, -0.15) is 4.80 Å². The van der Waals surface area contributed by atoms with E-state index in [0.717, 1.165) is 48.6 Å². The number of carbonyl (C=O) groups excluding carboxylic acids is 1. The van der Waals surface area contributed by atoms with Crippen molar-refractivity contribution in [1.82, 2.24) is 35.0 Å². The predicted molar refractivity (Wildman–Crippen MR) is 129 cm³/mol. The van der Waals surface area contributed by atoms with Crippen LogP contribution in [0.4, 0.5) is 5.69 Å². The summed E-state index contributed by atoms with van der Waals surface area (Å²) in [6, 6.07) is 14.3. The third-order valence-corrected chi connectivity index (χ3v) is 6.25. The minimum Gasteiger partial charge on any atom is -0.324 e. The molecule has 174 valence electrons. The van der Waals surface area contributed by atoms with Crippen LogP contribution in [0, 0.1) is 0 Å². The van der Waals surface area contributed by atoms with Crippen molar-refractivity contribution in [1.29, 1.82) is 0 Å². The zero-order chi connectivity index (χ0) is 23.5. The standard InChI is InChI=1S/C24H25ClN8O/c1-2-20(33-30-22(28-31-33)16-10-12-18(25)13-11-16)24(34)26-19-8-6-7-17(15-19)23-29-27-21-9-4-3-5-14-32(21)23/h6-8,10-13,15,20H,2-5,9,14H2,1H3,(H,26,34). The van der Waals surface area contributed by atoms with Gasteiger partial charge in [-0.25, -0.2) is 0 Å². The van der Waals surface area contributed by atoms with Gasteiger partial charge in [0.1, 0.15) is 5.82 Å². The number of anilines is 1. The van der Waals surface area contributed by atoms with Gasteiger partial charge in [0.05, 0.1) is 0 Å². The molecular formula is C24H25ClN8O. The second kappa shape index (κ2) is 9.72. The second-order valence-electron chi connectivity index (χ2n) is 8.34. The molecule has 1 N–H and O–H groups in total. The van der Waals surface area contributed by atoms with E-state index in [4.69, 9.17) is 11.6 Å². The van der Waals surface area contributed by atoms with Gasteiger partial charge in [0.2, 0.25) is 5.82 Å². The van der Waals surface area contributed by atoms with Gasteiger partial charge in [-0.15, -0.1) is 20.4 Å². The van der Waals surface area contributed by atoms with Gasteiger partial charge in [-0.3, -0.25) is 4.79 Å². The Morgan fingerprint density at radius 2 is 1.91 bits per heavy atom. The maximum absolute atomic E-state index is 13.1. The third-order valence-electron chi connectivity index (χ3n) is 6.00. The summed E-state index contributed by atoms with van der Waals surface area (Å²) < 4.78 is 2.19. The molecule has 0 bridgehead atoms. The summed E-state index contributed by atoms with van der Waals surface area (Å²) in [7, 11) is 0. The number of tetrazole rings is 1. The van der Waals surface area contributed by atoms with Crippen LogP contribution in [0.3, 0.4) is 0 Å². The first-order valence-electron chi connectivity index (χ1n) is 11.5. The van der Waals surface area contributed by atoms with E-state index in [0.29, 0.717) is 23.0 Å². The number of halogens is 1. The lowest BCUT2D eigenvalue weighted by molar-refractivity contribution is -0.119. The molecule has 1 amide bonds. The van der Waals surface area contributed by atoms with Crippen LogP contribution < -0.4 is 5.32 Å². The normalized spacial score (nSPS) is 14.3. The molecule has 1 aliphatic heterocycles. The van der Waals surface area contributed by atoms with E-state index in [1.54, 1.807) is 12.1 Å². The molecular weight excluding hydrogens is 452 g/mol. The van der Waals surface area contributed by atoms with Crippen molar-refractivity contribution >= 4 is 23.2 Å². The van der Waals surface area contributed by atoms with Crippen LogP contribution >= 0.6 is 11.6 Å². The molecule has 1 unspecified atom stereocenters. The maximum atomic E-state index is 13.1. The molecule has 34 heavy (non-hydrogen) atoms. The lowest BCUT2D eigenvalue weighted by atomic mass is 10.1. The first-order valence-corrected chi connectivity index (χ1v) is 11.9. The van der Waals surface area contributed by atoms with E-state index in [1.165, 1.54) is 11.2 Å². The van der Waals surface area contributed by atoms with Crippen LogP contribution in [0.25, 0.3) is 22.8 Å². The van der Waals surface area contributed by atoms with E-state index in [9.17, 15) is 4.79 Å². The second-order valence-corrected chi connectivity index (χ2v) is 8.77. The van der Waals surface area contributed by atoms with E-state index in [1.807, 2.05) is 43.3 Å². The molecule has 1 atom stereocenters. The highest BCUT2D eigenvalue weighted by molar-refractivity contribution is 6.30. The molecule has 0 radical (unpaired) electrons. The number of fused-ring (bicyclic) bond motifs is 1. The highest BCUT2D eigenvalue weighted by atomic mass is 35.5. The largest absolute Gasteiger partial charge is 0.324 e. The number of carbonyl (C=O) groups is 1. The summed E-state index contributed by atoms with van der Waals surface area (Å²) in [5.41, 5.74) is 2.39. The van der Waals surface area contributed by atoms with Crippen molar-refractivity contribution in [3.63, 3.8) is 0 Å². The molecule has 9 nitrogen and oxygen atoms in total. The maximum Gasteiger partial charge on any atom is 0.251 e. The number of rotatable bonds is 6. The highest BCUT2D eigenvalue weighted by Gasteiger charge is 2.23. The number of aryl methyl sites for hydroxylation is 1. The Hall–Kier alpha value is -3.59. The summed E-state index contributed by atoms with van der Waals surface area (Å²) in [6.45, 7) is 2.83. The van der Waals surface area contributed by atoms with Gasteiger partial charge < -0.3 is 9.88 Å². The zero-order valence-electron chi connectivity index (χ0n) is 18.9. The van der Waals surface area contributed by atoms with Crippen LogP contribution in [0.5, 0.6) is 0 Å². The highest BCUT2D eigenvalue weighted by Crippen LogP contribution is 2.26. The summed E-state index contributed by atoms with van der Waals surface area (Å²) in [5.74, 6) is 2.10. The molecule has 0 saturated carbocycles. The Labute approximate surface area is 202 Å². The quantitative estimate of drug-likeness (QED) is 0.437. The van der Waals surface area contributed by atoms with Crippen LogP contribution in [-0.2, 0) is 17.8 Å². The van der Waals surface area contributed by atoms with Crippen molar-refractivity contribution in [2.75, 3.05) is 5.32 Å². The summed E-state index contributed by atoms with van der Waals surface area (Å²) >= 11 is 5.96. The Balaban J connectivity index is 1.34. The predicted octanol–water partition coefficient (Wildman–Crippen LogP) is 4.57. The number of amides is 1. The number of aromatic nitrogens is 7. The molecule has 2 aromatic heterocycles. The lowest BCUT2D eigenvalue weighted by Gasteiger charge is -2.14. The molecule has 5 rings (SSSR count). The molecule has 0 aliphatic carbocycles. The van der Waals surface area contributed by atoms with Gasteiger partial charge >= 0.3 is 0 Å². The van der Waals surface area contributed by atoms with E-state index < -0.39 is 6.04 Å². The first kappa shape index (κ1) is 22.2. The fourth-order valence-corrected chi connectivity index (χ4v) is 4.31. The van der Waals surface area contributed by atoms with Crippen molar-refractivity contribution in [3.8, 4) is 22.8 Å². The SMILES string of the molecule is CCC(C(=O)Nc1cccc(-c2nnc3n2CCCCC3)c1)n1nnc(-c2ccc(Cl)cc2)n1. The van der Waals surface area contributed by atoms with Crippen LogP contribution in [0.1, 0.15) is 44.5 Å². The molecule has 4 aromatic rings. The fourth-order valence-electron chi connectivity index (χ4n) is 4.19. The molecule has 0 fully saturated rings. The Bertz CT molecular complexity index is 1300. The Morgan fingerprint density at radius 3 is 2.74 bits per heavy atom. The van der Waals surface area contributed by atoms with Gasteiger partial charge in [0, 0.05) is 34.8 Å². The first-order chi connectivity index (χ1) is 16.6. The average Bonchev–Trinajstić information content (AvgIpc) is 3.42. The fraction of sp³-hybridized carbons (Fsp3) is 0.333. The summed E-state index contributed by atoms with van der Waals surface area (Å²) in [5, 5.41) is 25.1. The molecule has 0 saturated heterocycles. The van der Waals surface area contributed by atoms with Crippen molar-refractivity contribution in [2.24, 2.45) is 0 Å². The van der Waals surface area contributed by atoms with Gasteiger partial charge in [0.15, 0.2) is 11.9 Å². The topological polar surface area (TPSA) is 103 Å². The number of nitrogens with one attached hydrogen (secondary N) is 1. The van der Waals surface area contributed by atoms with E-state index >= 15 is 0 Å². The molecule has 3 heterocycles. The van der Waals surface area contributed by atoms with Gasteiger partial charge in [0.25, 0.3) is 5.91 Å². The van der Waals surface area contributed by atoms with E-state index in [-0.39, 0.29) is 5.91 Å². The smallest absolute Gasteiger partial charge is 0.251 e. The van der Waals surface area contributed by atoms with Crippen LogP contribution in [0.2, 0.25) is 5.02 Å². The number of nitrogens with zero attached hydrogens (tertiary/aromatic N) is 7. The lowest BCUT2D eigenvalue weighted by Crippen LogP contribution is -2.27. The molecule has 10 heteroatoms. The molecule has 2 aromatic carbocycles. The molecule has 0 spiro atoms. The van der Waals surface area contributed by atoms with Crippen molar-refractivity contribution < 1.29 is 4.79 Å². The minimum atomic E-state index is -0.596. The Morgan fingerprint density at radius 1 is 1.06 bits per heavy atom. The third kappa shape index (κ3) is 4.56. The zero-order valence-corrected chi connectivity index (χ0v) is 19.6. The number of hydrogen-bond donors (Lipinski definition) is 1. The average molecular weight is 477 g/mol. The monoisotopic (exact) mass is 476 g/mol. The number of hydrogen-bond acceptors (Lipinski definition) is 6. The summed E-state index contributed by atoms with van der Waals surface area (Å²) in [6.07, 6.45) is 4.93. The van der Waals surface area contributed by atoms with Crippen molar-refractivity contribution in [2.45, 2.75) is 51.6 Å². The Kier molecular flexibility index (Phi) is 6.35. The molecule has 1 aliphatic rings. The van der Waals surface area contributed by atoms with Crippen molar-refractivity contribution in [3.05, 3.63) is 59.4 Å². The van der Waals surface area contributed by atoms with Gasteiger partial charge in [-0.05, 0) is 60.9 Å². The van der Waals surface area contributed by atoms with Gasteiger partial charge in [-0.1, -0.05) is 37.1 Å². The summed E-state index contributed by atoms with van der Waals surface area (Å²) in [4.78, 5) is 14.5. The van der Waals surface area contributed by atoms with Crippen LogP contribution in [-0.4, -0.2) is 40.9 Å².